The Bertz CT molecular complexity index is 888. The normalized spacial score (nSPS) is 12.8. The molecule has 0 amide bonds. The highest BCUT2D eigenvalue weighted by atomic mass is 16.4. The number of para-hydroxylation sites is 2. The van der Waals surface area contributed by atoms with E-state index in [2.05, 4.69) is 4.98 Å². The van der Waals surface area contributed by atoms with E-state index in [1.807, 2.05) is 60.7 Å². The number of rotatable bonds is 2. The maximum Gasteiger partial charge on any atom is 0.139 e. The predicted octanol–water partition coefficient (Wildman–Crippen LogP) is 4.06. The fourth-order valence-electron chi connectivity index (χ4n) is 2.64. The van der Waals surface area contributed by atoms with E-state index in [4.69, 9.17) is 4.42 Å². The van der Waals surface area contributed by atoms with Gasteiger partial charge in [-0.3, -0.25) is 4.98 Å². The second-order valence-corrected chi connectivity index (χ2v) is 5.01. The maximum absolute atomic E-state index is 10.7. The van der Waals surface area contributed by atoms with Gasteiger partial charge in [-0.2, -0.15) is 0 Å². The third-order valence-corrected chi connectivity index (χ3v) is 3.67. The van der Waals surface area contributed by atoms with Gasteiger partial charge in [-0.25, -0.2) is 0 Å². The Hall–Kier alpha value is -2.65. The first kappa shape index (κ1) is 12.1. The van der Waals surface area contributed by atoms with Gasteiger partial charge < -0.3 is 9.52 Å². The highest BCUT2D eigenvalue weighted by molar-refractivity contribution is 5.83. The lowest BCUT2D eigenvalue weighted by atomic mass is 10.0. The van der Waals surface area contributed by atoms with Crippen LogP contribution in [-0.2, 0) is 0 Å². The fourth-order valence-corrected chi connectivity index (χ4v) is 2.64. The Morgan fingerprint density at radius 1 is 0.905 bits per heavy atom. The summed E-state index contributed by atoms with van der Waals surface area (Å²) in [6.07, 6.45) is 0.910. The number of aliphatic hydroxyl groups excluding tert-OH is 1. The van der Waals surface area contributed by atoms with Crippen molar-refractivity contribution in [2.75, 3.05) is 0 Å². The minimum absolute atomic E-state index is 0.536. The molecule has 1 atom stereocenters. The van der Waals surface area contributed by atoms with Gasteiger partial charge in [0.15, 0.2) is 0 Å². The molecule has 4 aromatic rings. The molecule has 3 nitrogen and oxygen atoms in total. The molecule has 0 aliphatic carbocycles. The van der Waals surface area contributed by atoms with Crippen LogP contribution >= 0.6 is 0 Å². The van der Waals surface area contributed by atoms with Crippen LogP contribution in [0.2, 0.25) is 0 Å². The lowest BCUT2D eigenvalue weighted by molar-refractivity contribution is 0.193. The van der Waals surface area contributed by atoms with Crippen molar-refractivity contribution in [3.8, 4) is 0 Å². The molecule has 0 fully saturated rings. The van der Waals surface area contributed by atoms with Crippen molar-refractivity contribution in [3.05, 3.63) is 78.2 Å². The summed E-state index contributed by atoms with van der Waals surface area (Å²) < 4.78 is 5.76. The molecule has 1 N–H and O–H groups in total. The fraction of sp³-hybridized carbons (Fsp3) is 0.0556. The van der Waals surface area contributed by atoms with Crippen LogP contribution in [0.3, 0.4) is 0 Å². The van der Waals surface area contributed by atoms with Crippen LogP contribution in [0.4, 0.5) is 0 Å². The molecule has 2 aromatic carbocycles. The average Bonchev–Trinajstić information content (AvgIpc) is 2.97. The van der Waals surface area contributed by atoms with E-state index < -0.39 is 6.10 Å². The number of fused-ring (bicyclic) bond motifs is 2. The van der Waals surface area contributed by atoms with Gasteiger partial charge >= 0.3 is 0 Å². The topological polar surface area (TPSA) is 46.3 Å². The molecule has 0 aliphatic heterocycles. The average molecular weight is 275 g/mol. The van der Waals surface area contributed by atoms with Crippen molar-refractivity contribution in [1.29, 1.82) is 0 Å². The van der Waals surface area contributed by atoms with Gasteiger partial charge in [0.2, 0.25) is 0 Å². The first-order valence-electron chi connectivity index (χ1n) is 6.83. The number of pyridine rings is 1. The van der Waals surface area contributed by atoms with Gasteiger partial charge in [-0.1, -0.05) is 42.5 Å². The molecule has 2 heterocycles. The minimum Gasteiger partial charge on any atom is -0.458 e. The standard InChI is InChI=1S/C18H13NO2/c20-18(16-11-13-5-1-2-9-15(13)21-16)14-8-3-6-12-7-4-10-19-17(12)14/h1-11,18,20H. The molecule has 0 bridgehead atoms. The Balaban J connectivity index is 1.87. The monoisotopic (exact) mass is 275 g/mol. The Kier molecular flexibility index (Phi) is 2.72. The summed E-state index contributed by atoms with van der Waals surface area (Å²) in [6.45, 7) is 0. The third-order valence-electron chi connectivity index (χ3n) is 3.67. The Morgan fingerprint density at radius 3 is 2.62 bits per heavy atom. The number of aliphatic hydroxyl groups is 1. The summed E-state index contributed by atoms with van der Waals surface area (Å²) in [5, 5.41) is 12.6. The molecule has 2 aromatic heterocycles. The number of nitrogens with zero attached hydrogens (tertiary/aromatic N) is 1. The van der Waals surface area contributed by atoms with Crippen LogP contribution in [0.1, 0.15) is 17.4 Å². The summed E-state index contributed by atoms with van der Waals surface area (Å²) in [7, 11) is 0. The van der Waals surface area contributed by atoms with E-state index in [9.17, 15) is 5.11 Å². The molecule has 0 spiro atoms. The van der Waals surface area contributed by atoms with E-state index >= 15 is 0 Å². The number of hydrogen-bond donors (Lipinski definition) is 1. The van der Waals surface area contributed by atoms with E-state index in [0.717, 1.165) is 27.4 Å². The molecule has 0 saturated heterocycles. The van der Waals surface area contributed by atoms with E-state index in [1.54, 1.807) is 6.20 Å². The molecule has 0 saturated carbocycles. The number of aromatic nitrogens is 1. The SMILES string of the molecule is OC(c1cc2ccccc2o1)c1cccc2cccnc12. The molecule has 0 aliphatic rings. The van der Waals surface area contributed by atoms with Gasteiger partial charge in [0.1, 0.15) is 17.4 Å². The zero-order valence-electron chi connectivity index (χ0n) is 11.2. The lowest BCUT2D eigenvalue weighted by Crippen LogP contribution is -1.99. The molecule has 3 heteroatoms. The highest BCUT2D eigenvalue weighted by Gasteiger charge is 2.18. The summed E-state index contributed by atoms with van der Waals surface area (Å²) in [5.41, 5.74) is 2.33. The van der Waals surface area contributed by atoms with Gasteiger partial charge in [0.05, 0.1) is 5.52 Å². The smallest absolute Gasteiger partial charge is 0.139 e. The van der Waals surface area contributed by atoms with Crippen LogP contribution in [0.25, 0.3) is 21.9 Å². The molecule has 1 unspecified atom stereocenters. The van der Waals surface area contributed by atoms with Crippen LogP contribution in [0.5, 0.6) is 0 Å². The summed E-state index contributed by atoms with van der Waals surface area (Å²) >= 11 is 0. The van der Waals surface area contributed by atoms with Crippen LogP contribution in [0, 0.1) is 0 Å². The molecule has 4 rings (SSSR count). The first-order chi connectivity index (χ1) is 10.3. The Labute approximate surface area is 121 Å². The third kappa shape index (κ3) is 1.99. The van der Waals surface area contributed by atoms with Crippen LogP contribution in [0.15, 0.2) is 71.3 Å². The van der Waals surface area contributed by atoms with Crippen molar-refractivity contribution < 1.29 is 9.52 Å². The second kappa shape index (κ2) is 4.72. The zero-order chi connectivity index (χ0) is 14.2. The number of furan rings is 1. The van der Waals surface area contributed by atoms with Crippen molar-refractivity contribution in [3.63, 3.8) is 0 Å². The Morgan fingerprint density at radius 2 is 1.71 bits per heavy atom. The molecule has 21 heavy (non-hydrogen) atoms. The minimum atomic E-state index is -0.823. The van der Waals surface area contributed by atoms with E-state index in [-0.39, 0.29) is 0 Å². The molecule has 102 valence electrons. The van der Waals surface area contributed by atoms with E-state index in [0.29, 0.717) is 5.76 Å². The zero-order valence-corrected chi connectivity index (χ0v) is 11.2. The molecule has 0 radical (unpaired) electrons. The number of hydrogen-bond acceptors (Lipinski definition) is 3. The van der Waals surface area contributed by atoms with Crippen molar-refractivity contribution in [2.24, 2.45) is 0 Å². The summed E-state index contributed by atoms with van der Waals surface area (Å²) in [5.74, 6) is 0.536. The lowest BCUT2D eigenvalue weighted by Gasteiger charge is -2.10. The van der Waals surface area contributed by atoms with Crippen molar-refractivity contribution in [2.45, 2.75) is 6.10 Å². The van der Waals surface area contributed by atoms with Crippen molar-refractivity contribution in [1.82, 2.24) is 4.98 Å². The summed E-state index contributed by atoms with van der Waals surface area (Å²) in [6, 6.07) is 19.3. The largest absolute Gasteiger partial charge is 0.458 e. The van der Waals surface area contributed by atoms with Gasteiger partial charge in [0, 0.05) is 22.5 Å². The van der Waals surface area contributed by atoms with Gasteiger partial charge in [0.25, 0.3) is 0 Å². The summed E-state index contributed by atoms with van der Waals surface area (Å²) in [4.78, 5) is 4.38. The van der Waals surface area contributed by atoms with Gasteiger partial charge in [-0.15, -0.1) is 0 Å². The van der Waals surface area contributed by atoms with Gasteiger partial charge in [-0.05, 0) is 18.2 Å². The van der Waals surface area contributed by atoms with Crippen molar-refractivity contribution >= 4 is 21.9 Å². The highest BCUT2D eigenvalue weighted by Crippen LogP contribution is 2.31. The van der Waals surface area contributed by atoms with Crippen LogP contribution in [-0.4, -0.2) is 10.1 Å². The van der Waals surface area contributed by atoms with E-state index in [1.165, 1.54) is 0 Å². The predicted molar refractivity (Wildman–Crippen MR) is 82.0 cm³/mol. The molecular weight excluding hydrogens is 262 g/mol. The van der Waals surface area contributed by atoms with Crippen LogP contribution < -0.4 is 0 Å². The maximum atomic E-state index is 10.7. The molecular formula is C18H13NO2. The quantitative estimate of drug-likeness (QED) is 0.600. The number of benzene rings is 2. The second-order valence-electron chi connectivity index (χ2n) is 5.01. The first-order valence-corrected chi connectivity index (χ1v) is 6.83.